The average molecular weight is 365 g/mol. The van der Waals surface area contributed by atoms with Gasteiger partial charge >= 0.3 is 6.18 Å². The van der Waals surface area contributed by atoms with Crippen LogP contribution in [0.3, 0.4) is 0 Å². The van der Waals surface area contributed by atoms with E-state index in [1.54, 1.807) is 18.2 Å². The van der Waals surface area contributed by atoms with Crippen molar-refractivity contribution in [3.05, 3.63) is 71.3 Å². The van der Waals surface area contributed by atoms with Crippen LogP contribution in [0.25, 0.3) is 0 Å². The summed E-state index contributed by atoms with van der Waals surface area (Å²) in [5.41, 5.74) is 0.208. The van der Waals surface area contributed by atoms with Gasteiger partial charge in [-0.1, -0.05) is 48.5 Å². The summed E-state index contributed by atoms with van der Waals surface area (Å²) in [5, 5.41) is 0. The molecule has 1 heterocycles. The van der Waals surface area contributed by atoms with Gasteiger partial charge in [0.05, 0.1) is 25.4 Å². The van der Waals surface area contributed by atoms with Crippen molar-refractivity contribution in [2.45, 2.75) is 12.3 Å². The number of rotatable bonds is 6. The molecule has 3 rings (SSSR count). The van der Waals surface area contributed by atoms with Gasteiger partial charge in [-0.15, -0.1) is 0 Å². The molecule has 6 heteroatoms. The summed E-state index contributed by atoms with van der Waals surface area (Å²) < 4.78 is 51.7. The Hall–Kier alpha value is -1.89. The molecule has 1 unspecified atom stereocenters. The van der Waals surface area contributed by atoms with Gasteiger partial charge in [0.25, 0.3) is 0 Å². The molecule has 1 atom stereocenters. The predicted octanol–water partition coefficient (Wildman–Crippen LogP) is 4.14. The molecule has 0 bridgehead atoms. The maximum Gasteiger partial charge on any atom is 0.416 e. The van der Waals surface area contributed by atoms with E-state index in [0.717, 1.165) is 19.2 Å². The van der Waals surface area contributed by atoms with Gasteiger partial charge in [-0.25, -0.2) is 0 Å². The Morgan fingerprint density at radius 2 is 1.62 bits per heavy atom. The van der Waals surface area contributed by atoms with E-state index in [0.29, 0.717) is 31.9 Å². The zero-order chi connectivity index (χ0) is 18.4. The number of nitrogens with zero attached hydrogens (tertiary/aromatic N) is 1. The summed E-state index contributed by atoms with van der Waals surface area (Å²) in [6, 6.07) is 14.7. The zero-order valence-corrected chi connectivity index (χ0v) is 14.4. The molecule has 1 fully saturated rings. The van der Waals surface area contributed by atoms with E-state index in [1.165, 1.54) is 12.1 Å². The molecule has 1 saturated heterocycles. The molecular weight excluding hydrogens is 343 g/mol. The lowest BCUT2D eigenvalue weighted by atomic mass is 9.96. The fourth-order valence-electron chi connectivity index (χ4n) is 3.10. The van der Waals surface area contributed by atoms with Gasteiger partial charge in [0, 0.05) is 19.6 Å². The van der Waals surface area contributed by atoms with Crippen molar-refractivity contribution in [1.82, 2.24) is 4.90 Å². The first-order valence-electron chi connectivity index (χ1n) is 8.68. The third kappa shape index (κ3) is 4.84. The van der Waals surface area contributed by atoms with E-state index in [9.17, 15) is 13.2 Å². The van der Waals surface area contributed by atoms with E-state index in [1.807, 2.05) is 18.2 Å². The summed E-state index contributed by atoms with van der Waals surface area (Å²) in [6.45, 7) is 4.02. The van der Waals surface area contributed by atoms with Crippen LogP contribution in [0, 0.1) is 0 Å². The van der Waals surface area contributed by atoms with Crippen LogP contribution in [0.1, 0.15) is 22.8 Å². The number of alkyl halides is 3. The minimum absolute atomic E-state index is 0.146. The highest BCUT2D eigenvalue weighted by molar-refractivity contribution is 5.37. The lowest BCUT2D eigenvalue weighted by Gasteiger charge is -2.28. The second-order valence-corrected chi connectivity index (χ2v) is 6.20. The SMILES string of the molecule is FC(F)(F)c1ccccc1C(OCCN1CCOCC1)c1ccccc1. The first-order chi connectivity index (χ1) is 12.6. The Morgan fingerprint density at radius 3 is 2.31 bits per heavy atom. The second kappa shape index (κ2) is 8.66. The molecule has 0 aromatic heterocycles. The Balaban J connectivity index is 1.81. The Morgan fingerprint density at radius 1 is 0.962 bits per heavy atom. The summed E-state index contributed by atoms with van der Waals surface area (Å²) in [4.78, 5) is 2.20. The Labute approximate surface area is 151 Å². The zero-order valence-electron chi connectivity index (χ0n) is 14.4. The van der Waals surface area contributed by atoms with Crippen LogP contribution < -0.4 is 0 Å². The number of benzene rings is 2. The fourth-order valence-corrected chi connectivity index (χ4v) is 3.10. The van der Waals surface area contributed by atoms with Crippen molar-refractivity contribution in [3.63, 3.8) is 0 Å². The fraction of sp³-hybridized carbons (Fsp3) is 0.400. The molecule has 1 aliphatic rings. The molecule has 2 aromatic carbocycles. The highest BCUT2D eigenvalue weighted by Gasteiger charge is 2.35. The molecule has 3 nitrogen and oxygen atoms in total. The predicted molar refractivity (Wildman–Crippen MR) is 92.9 cm³/mol. The van der Waals surface area contributed by atoms with Crippen molar-refractivity contribution in [2.24, 2.45) is 0 Å². The average Bonchev–Trinajstić information content (AvgIpc) is 2.66. The van der Waals surface area contributed by atoms with E-state index in [-0.39, 0.29) is 5.56 Å². The van der Waals surface area contributed by atoms with Crippen LogP contribution in [0.5, 0.6) is 0 Å². The molecule has 0 spiro atoms. The monoisotopic (exact) mass is 365 g/mol. The van der Waals surface area contributed by atoms with Gasteiger partial charge in [-0.3, -0.25) is 4.90 Å². The van der Waals surface area contributed by atoms with Crippen molar-refractivity contribution in [3.8, 4) is 0 Å². The quantitative estimate of drug-likeness (QED) is 0.768. The largest absolute Gasteiger partial charge is 0.416 e. The number of ether oxygens (including phenoxy) is 2. The lowest BCUT2D eigenvalue weighted by molar-refractivity contribution is -0.139. The summed E-state index contributed by atoms with van der Waals surface area (Å²) in [5.74, 6) is 0. The lowest BCUT2D eigenvalue weighted by Crippen LogP contribution is -2.38. The first-order valence-corrected chi connectivity index (χ1v) is 8.68. The number of hydrogen-bond acceptors (Lipinski definition) is 3. The van der Waals surface area contributed by atoms with Crippen LogP contribution >= 0.6 is 0 Å². The maximum atomic E-state index is 13.5. The molecule has 0 amide bonds. The highest BCUT2D eigenvalue weighted by Crippen LogP contribution is 2.37. The standard InChI is InChI=1S/C20H22F3NO2/c21-20(22,23)18-9-5-4-8-17(18)19(16-6-2-1-3-7-16)26-15-12-24-10-13-25-14-11-24/h1-9,19H,10-15H2. The van der Waals surface area contributed by atoms with E-state index >= 15 is 0 Å². The minimum Gasteiger partial charge on any atom is -0.379 e. The van der Waals surface area contributed by atoms with Crippen LogP contribution in [-0.4, -0.2) is 44.4 Å². The van der Waals surface area contributed by atoms with Crippen LogP contribution in [0.4, 0.5) is 13.2 Å². The molecule has 26 heavy (non-hydrogen) atoms. The van der Waals surface area contributed by atoms with Crippen LogP contribution in [0.15, 0.2) is 54.6 Å². The van der Waals surface area contributed by atoms with Crippen molar-refractivity contribution >= 4 is 0 Å². The first kappa shape index (κ1) is 18.9. The smallest absolute Gasteiger partial charge is 0.379 e. The molecule has 1 aliphatic heterocycles. The molecule has 0 saturated carbocycles. The molecular formula is C20H22F3NO2. The van der Waals surface area contributed by atoms with Gasteiger partial charge in [0.15, 0.2) is 0 Å². The Kier molecular flexibility index (Phi) is 6.29. The van der Waals surface area contributed by atoms with Crippen LogP contribution in [0.2, 0.25) is 0 Å². The third-order valence-electron chi connectivity index (χ3n) is 4.45. The van der Waals surface area contributed by atoms with Gasteiger partial charge < -0.3 is 9.47 Å². The van der Waals surface area contributed by atoms with Crippen molar-refractivity contribution < 1.29 is 22.6 Å². The highest BCUT2D eigenvalue weighted by atomic mass is 19.4. The Bertz CT molecular complexity index is 685. The van der Waals surface area contributed by atoms with Gasteiger partial charge in [-0.2, -0.15) is 13.2 Å². The summed E-state index contributed by atoms with van der Waals surface area (Å²) in [7, 11) is 0. The maximum absolute atomic E-state index is 13.5. The number of morpholine rings is 1. The minimum atomic E-state index is -4.42. The van der Waals surface area contributed by atoms with Crippen molar-refractivity contribution in [1.29, 1.82) is 0 Å². The number of halogens is 3. The van der Waals surface area contributed by atoms with E-state index in [2.05, 4.69) is 4.90 Å². The van der Waals surface area contributed by atoms with E-state index < -0.39 is 17.8 Å². The van der Waals surface area contributed by atoms with Crippen molar-refractivity contribution in [2.75, 3.05) is 39.5 Å². The summed E-state index contributed by atoms with van der Waals surface area (Å²) >= 11 is 0. The van der Waals surface area contributed by atoms with E-state index in [4.69, 9.17) is 9.47 Å². The molecule has 2 aromatic rings. The van der Waals surface area contributed by atoms with Gasteiger partial charge in [-0.05, 0) is 17.2 Å². The molecule has 0 aliphatic carbocycles. The third-order valence-corrected chi connectivity index (χ3v) is 4.45. The van der Waals surface area contributed by atoms with Gasteiger partial charge in [0.2, 0.25) is 0 Å². The molecule has 140 valence electrons. The summed E-state index contributed by atoms with van der Waals surface area (Å²) in [6.07, 6.45) is -5.17. The van der Waals surface area contributed by atoms with Gasteiger partial charge in [0.1, 0.15) is 6.10 Å². The normalized spacial score (nSPS) is 17.2. The van der Waals surface area contributed by atoms with Crippen LogP contribution in [-0.2, 0) is 15.7 Å². The molecule has 0 radical (unpaired) electrons. The number of hydrogen-bond donors (Lipinski definition) is 0. The topological polar surface area (TPSA) is 21.7 Å². The second-order valence-electron chi connectivity index (χ2n) is 6.20. The molecule has 0 N–H and O–H groups in total.